The first-order chi connectivity index (χ1) is 5.36. The van der Waals surface area contributed by atoms with Gasteiger partial charge in [0.2, 0.25) is 5.91 Å². The minimum absolute atomic E-state index is 0.00921. The Morgan fingerprint density at radius 1 is 1.55 bits per heavy atom. The van der Waals surface area contributed by atoms with E-state index in [1.54, 1.807) is 0 Å². The quantitative estimate of drug-likeness (QED) is 0.466. The average Bonchev–Trinajstić information content (AvgIpc) is 2.04. The van der Waals surface area contributed by atoms with Crippen molar-refractivity contribution in [1.29, 1.82) is 0 Å². The summed E-state index contributed by atoms with van der Waals surface area (Å²) >= 11 is 0. The van der Waals surface area contributed by atoms with Gasteiger partial charge in [-0.15, -0.1) is 0 Å². The molecule has 0 spiro atoms. The Labute approximate surface area is 65.3 Å². The Balaban J connectivity index is 1.98. The van der Waals surface area contributed by atoms with E-state index in [0.717, 1.165) is 19.5 Å². The van der Waals surface area contributed by atoms with Gasteiger partial charge in [0.1, 0.15) is 6.61 Å². The molecule has 2 saturated heterocycles. The molecule has 0 bridgehead atoms. The van der Waals surface area contributed by atoms with Crippen molar-refractivity contribution in [2.24, 2.45) is 0 Å². The van der Waals surface area contributed by atoms with E-state index in [0.29, 0.717) is 0 Å². The van der Waals surface area contributed by atoms with Crippen LogP contribution in [0.4, 0.5) is 0 Å². The van der Waals surface area contributed by atoms with E-state index in [-0.39, 0.29) is 24.7 Å². The van der Waals surface area contributed by atoms with Gasteiger partial charge < -0.3 is 15.4 Å². The van der Waals surface area contributed by atoms with Crippen molar-refractivity contribution in [3.05, 3.63) is 0 Å². The van der Waals surface area contributed by atoms with Gasteiger partial charge in [0.15, 0.2) is 0 Å². The third kappa shape index (κ3) is 1.36. The summed E-state index contributed by atoms with van der Waals surface area (Å²) in [5.41, 5.74) is 0. The number of carbonyl (C=O) groups excluding carboxylic acids is 1. The number of nitrogens with one attached hydrogen (secondary N) is 2. The standard InChI is InChI=1S/C7H12N2O2/c10-7-4-11-6-1-2-8-3-5(6)9-7/h5-6,8H,1-4H2,(H,9,10)/t5-,6-/m0/s1. The second-order valence-corrected chi connectivity index (χ2v) is 3.02. The number of ether oxygens (including phenoxy) is 1. The van der Waals surface area contributed by atoms with Gasteiger partial charge in [-0.05, 0) is 13.0 Å². The largest absolute Gasteiger partial charge is 0.366 e. The molecule has 2 aliphatic rings. The molecule has 0 aromatic heterocycles. The Bertz CT molecular complexity index is 172. The fourth-order valence-corrected chi connectivity index (χ4v) is 1.61. The molecule has 2 aliphatic heterocycles. The van der Waals surface area contributed by atoms with Crippen molar-refractivity contribution in [1.82, 2.24) is 10.6 Å². The van der Waals surface area contributed by atoms with Gasteiger partial charge in [-0.1, -0.05) is 0 Å². The minimum atomic E-state index is 0.00921. The van der Waals surface area contributed by atoms with Crippen LogP contribution in [0, 0.1) is 0 Å². The van der Waals surface area contributed by atoms with Crippen LogP contribution in [0.25, 0.3) is 0 Å². The predicted octanol–water partition coefficient (Wildman–Crippen LogP) is -1.14. The lowest BCUT2D eigenvalue weighted by Gasteiger charge is -2.35. The molecule has 0 aliphatic carbocycles. The molecule has 2 atom stereocenters. The topological polar surface area (TPSA) is 50.4 Å². The number of piperidine rings is 1. The zero-order chi connectivity index (χ0) is 7.68. The first-order valence-corrected chi connectivity index (χ1v) is 3.98. The second kappa shape index (κ2) is 2.79. The highest BCUT2D eigenvalue weighted by Gasteiger charge is 2.31. The maximum Gasteiger partial charge on any atom is 0.246 e. The number of fused-ring (bicyclic) bond motifs is 1. The molecule has 2 heterocycles. The number of carbonyl (C=O) groups is 1. The van der Waals surface area contributed by atoms with E-state index in [1.807, 2.05) is 0 Å². The highest BCUT2D eigenvalue weighted by atomic mass is 16.5. The molecule has 0 aromatic rings. The second-order valence-electron chi connectivity index (χ2n) is 3.02. The van der Waals surface area contributed by atoms with Gasteiger partial charge >= 0.3 is 0 Å². The smallest absolute Gasteiger partial charge is 0.246 e. The van der Waals surface area contributed by atoms with Gasteiger partial charge in [0.05, 0.1) is 12.1 Å². The fourth-order valence-electron chi connectivity index (χ4n) is 1.61. The average molecular weight is 156 g/mol. The molecule has 0 unspecified atom stereocenters. The van der Waals surface area contributed by atoms with Crippen molar-refractivity contribution in [3.8, 4) is 0 Å². The molecule has 0 aromatic carbocycles. The zero-order valence-corrected chi connectivity index (χ0v) is 6.30. The van der Waals surface area contributed by atoms with E-state index in [4.69, 9.17) is 4.74 Å². The summed E-state index contributed by atoms with van der Waals surface area (Å²) in [5, 5.41) is 6.10. The molecule has 11 heavy (non-hydrogen) atoms. The van der Waals surface area contributed by atoms with Crippen LogP contribution in [0.3, 0.4) is 0 Å². The molecular formula is C7H12N2O2. The van der Waals surface area contributed by atoms with Crippen LogP contribution < -0.4 is 10.6 Å². The van der Waals surface area contributed by atoms with Crippen LogP contribution in [0.2, 0.25) is 0 Å². The summed E-state index contributed by atoms with van der Waals surface area (Å²) in [6.07, 6.45) is 1.25. The van der Waals surface area contributed by atoms with Gasteiger partial charge in [-0.3, -0.25) is 4.79 Å². The highest BCUT2D eigenvalue weighted by Crippen LogP contribution is 2.11. The third-order valence-electron chi connectivity index (χ3n) is 2.19. The highest BCUT2D eigenvalue weighted by molar-refractivity contribution is 5.78. The van der Waals surface area contributed by atoms with E-state index in [9.17, 15) is 4.79 Å². The fraction of sp³-hybridized carbons (Fsp3) is 0.857. The SMILES string of the molecule is O=C1CO[C@H]2CCNC[C@@H]2N1. The lowest BCUT2D eigenvalue weighted by Crippen LogP contribution is -2.59. The number of amides is 1. The van der Waals surface area contributed by atoms with Crippen molar-refractivity contribution in [2.45, 2.75) is 18.6 Å². The van der Waals surface area contributed by atoms with E-state index in [2.05, 4.69) is 10.6 Å². The maximum absolute atomic E-state index is 10.9. The van der Waals surface area contributed by atoms with Crippen LogP contribution in [0.1, 0.15) is 6.42 Å². The van der Waals surface area contributed by atoms with Crippen LogP contribution in [-0.2, 0) is 9.53 Å². The number of morpholine rings is 1. The van der Waals surface area contributed by atoms with Crippen LogP contribution in [0.5, 0.6) is 0 Å². The molecule has 0 radical (unpaired) electrons. The summed E-state index contributed by atoms with van der Waals surface area (Å²) in [6, 6.07) is 0.199. The lowest BCUT2D eigenvalue weighted by atomic mass is 10.0. The minimum Gasteiger partial charge on any atom is -0.366 e. The molecule has 0 saturated carbocycles. The summed E-state index contributed by atoms with van der Waals surface area (Å²) in [6.45, 7) is 2.08. The Morgan fingerprint density at radius 2 is 2.45 bits per heavy atom. The Morgan fingerprint density at radius 3 is 3.36 bits per heavy atom. The molecule has 2 N–H and O–H groups in total. The van der Waals surface area contributed by atoms with E-state index >= 15 is 0 Å². The summed E-state index contributed by atoms with van der Waals surface area (Å²) in [5.74, 6) is 0.00921. The van der Waals surface area contributed by atoms with Crippen molar-refractivity contribution in [2.75, 3.05) is 19.7 Å². The first kappa shape index (κ1) is 7.06. The van der Waals surface area contributed by atoms with Gasteiger partial charge in [-0.2, -0.15) is 0 Å². The van der Waals surface area contributed by atoms with Gasteiger partial charge in [-0.25, -0.2) is 0 Å². The first-order valence-electron chi connectivity index (χ1n) is 3.98. The number of hydrogen-bond acceptors (Lipinski definition) is 3. The molecule has 2 fully saturated rings. The molecule has 4 nitrogen and oxygen atoms in total. The molecule has 1 amide bonds. The van der Waals surface area contributed by atoms with E-state index < -0.39 is 0 Å². The lowest BCUT2D eigenvalue weighted by molar-refractivity contribution is -0.138. The summed E-state index contributed by atoms with van der Waals surface area (Å²) in [7, 11) is 0. The summed E-state index contributed by atoms with van der Waals surface area (Å²) in [4.78, 5) is 10.9. The Hall–Kier alpha value is -0.610. The maximum atomic E-state index is 10.9. The van der Waals surface area contributed by atoms with Crippen molar-refractivity contribution >= 4 is 5.91 Å². The number of rotatable bonds is 0. The molecule has 4 heteroatoms. The van der Waals surface area contributed by atoms with Crippen molar-refractivity contribution < 1.29 is 9.53 Å². The van der Waals surface area contributed by atoms with Crippen LogP contribution in [-0.4, -0.2) is 37.7 Å². The van der Waals surface area contributed by atoms with Gasteiger partial charge in [0, 0.05) is 6.54 Å². The predicted molar refractivity (Wildman–Crippen MR) is 39.2 cm³/mol. The Kier molecular flexibility index (Phi) is 1.79. The zero-order valence-electron chi connectivity index (χ0n) is 6.30. The molecule has 2 rings (SSSR count). The van der Waals surface area contributed by atoms with E-state index in [1.165, 1.54) is 0 Å². The molecular weight excluding hydrogens is 144 g/mol. The normalized spacial score (nSPS) is 37.6. The monoisotopic (exact) mass is 156 g/mol. The molecule has 62 valence electrons. The number of hydrogen-bond donors (Lipinski definition) is 2. The summed E-state index contributed by atoms with van der Waals surface area (Å²) < 4.78 is 5.34. The third-order valence-corrected chi connectivity index (χ3v) is 2.19. The van der Waals surface area contributed by atoms with Crippen LogP contribution in [0.15, 0.2) is 0 Å². The van der Waals surface area contributed by atoms with Gasteiger partial charge in [0.25, 0.3) is 0 Å². The van der Waals surface area contributed by atoms with Crippen LogP contribution >= 0.6 is 0 Å². The van der Waals surface area contributed by atoms with Crippen molar-refractivity contribution in [3.63, 3.8) is 0 Å².